The van der Waals surface area contributed by atoms with Crippen molar-refractivity contribution in [3.05, 3.63) is 64.0 Å². The molecule has 4 heteroatoms. The lowest BCUT2D eigenvalue weighted by atomic mass is 10.2. The zero-order chi connectivity index (χ0) is 12.8. The van der Waals surface area contributed by atoms with E-state index in [1.807, 2.05) is 36.4 Å². The molecule has 3 nitrogen and oxygen atoms in total. The first-order valence-corrected chi connectivity index (χ1v) is 6.46. The molecule has 0 aliphatic carbocycles. The molecule has 1 aromatic heterocycles. The molecule has 2 aromatic rings. The first-order chi connectivity index (χ1) is 8.74. The van der Waals surface area contributed by atoms with Crippen LogP contribution in [0.5, 0.6) is 0 Å². The number of nitrogens with one attached hydrogen (secondary N) is 1. The van der Waals surface area contributed by atoms with E-state index in [4.69, 9.17) is 0 Å². The van der Waals surface area contributed by atoms with E-state index in [0.717, 1.165) is 14.8 Å². The standard InChI is InChI=1S/C14H11IN2O/c15-12-4-6-13(7-5-12)17-14(18)8-3-11-2-1-9-16-10-11/h1-10H,(H,17,18)/b8-3+. The van der Waals surface area contributed by atoms with Crippen LogP contribution in [0.3, 0.4) is 0 Å². The van der Waals surface area contributed by atoms with Crippen molar-refractivity contribution in [3.8, 4) is 0 Å². The highest BCUT2D eigenvalue weighted by molar-refractivity contribution is 14.1. The topological polar surface area (TPSA) is 42.0 Å². The fraction of sp³-hybridized carbons (Fsp3) is 0. The van der Waals surface area contributed by atoms with Gasteiger partial charge in [0.05, 0.1) is 0 Å². The summed E-state index contributed by atoms with van der Waals surface area (Å²) in [6.07, 6.45) is 6.63. The molecule has 0 fully saturated rings. The molecule has 1 heterocycles. The predicted octanol–water partition coefficient (Wildman–Crippen LogP) is 3.34. The Balaban J connectivity index is 1.97. The van der Waals surface area contributed by atoms with Gasteiger partial charge in [0.15, 0.2) is 0 Å². The summed E-state index contributed by atoms with van der Waals surface area (Å²) in [5, 5.41) is 2.79. The van der Waals surface area contributed by atoms with E-state index in [2.05, 4.69) is 32.9 Å². The van der Waals surface area contributed by atoms with Crippen LogP contribution in [0, 0.1) is 3.57 Å². The molecular weight excluding hydrogens is 339 g/mol. The van der Waals surface area contributed by atoms with Gasteiger partial charge in [0.1, 0.15) is 0 Å². The monoisotopic (exact) mass is 350 g/mol. The average Bonchev–Trinajstić information content (AvgIpc) is 2.40. The van der Waals surface area contributed by atoms with Crippen LogP contribution in [-0.4, -0.2) is 10.9 Å². The maximum atomic E-state index is 11.7. The molecule has 18 heavy (non-hydrogen) atoms. The number of pyridine rings is 1. The molecule has 0 unspecified atom stereocenters. The number of halogens is 1. The first kappa shape index (κ1) is 12.8. The molecular formula is C14H11IN2O. The van der Waals surface area contributed by atoms with Crippen LogP contribution in [0.1, 0.15) is 5.56 Å². The molecule has 0 bridgehead atoms. The normalized spacial score (nSPS) is 10.5. The van der Waals surface area contributed by atoms with Gasteiger partial charge in [-0.25, -0.2) is 0 Å². The number of carbonyl (C=O) groups is 1. The molecule has 1 aromatic carbocycles. The summed E-state index contributed by atoms with van der Waals surface area (Å²) in [5.41, 5.74) is 1.69. The minimum atomic E-state index is -0.153. The van der Waals surface area contributed by atoms with Gasteiger partial charge in [0.2, 0.25) is 5.91 Å². The number of rotatable bonds is 3. The van der Waals surface area contributed by atoms with Gasteiger partial charge in [0, 0.05) is 27.7 Å². The fourth-order valence-electron chi connectivity index (χ4n) is 1.36. The van der Waals surface area contributed by atoms with Gasteiger partial charge in [-0.05, 0) is 64.6 Å². The Morgan fingerprint density at radius 1 is 1.22 bits per heavy atom. The lowest BCUT2D eigenvalue weighted by Crippen LogP contribution is -2.07. The smallest absolute Gasteiger partial charge is 0.248 e. The predicted molar refractivity (Wildman–Crippen MR) is 81.1 cm³/mol. The van der Waals surface area contributed by atoms with E-state index >= 15 is 0 Å². The Bertz CT molecular complexity index is 550. The Kier molecular flexibility index (Phi) is 4.46. The summed E-state index contributed by atoms with van der Waals surface area (Å²) < 4.78 is 1.14. The van der Waals surface area contributed by atoms with Gasteiger partial charge in [0.25, 0.3) is 0 Å². The summed E-state index contributed by atoms with van der Waals surface area (Å²) >= 11 is 2.22. The first-order valence-electron chi connectivity index (χ1n) is 5.39. The van der Waals surface area contributed by atoms with Gasteiger partial charge in [-0.3, -0.25) is 9.78 Å². The number of hydrogen-bond acceptors (Lipinski definition) is 2. The SMILES string of the molecule is O=C(/C=C/c1cccnc1)Nc1ccc(I)cc1. The molecule has 0 saturated heterocycles. The van der Waals surface area contributed by atoms with Crippen LogP contribution in [-0.2, 0) is 4.79 Å². The molecule has 2 rings (SSSR count). The molecule has 0 spiro atoms. The molecule has 0 radical (unpaired) electrons. The van der Waals surface area contributed by atoms with Gasteiger partial charge in [-0.1, -0.05) is 6.07 Å². The van der Waals surface area contributed by atoms with Crippen LogP contribution in [0.15, 0.2) is 54.9 Å². The Hall–Kier alpha value is -1.69. The number of hydrogen-bond donors (Lipinski definition) is 1. The third-order valence-corrected chi connectivity index (χ3v) is 2.94. The van der Waals surface area contributed by atoms with Crippen LogP contribution < -0.4 is 5.32 Å². The van der Waals surface area contributed by atoms with Crippen molar-refractivity contribution in [2.75, 3.05) is 5.32 Å². The van der Waals surface area contributed by atoms with Gasteiger partial charge >= 0.3 is 0 Å². The maximum absolute atomic E-state index is 11.7. The quantitative estimate of drug-likeness (QED) is 0.682. The number of carbonyl (C=O) groups excluding carboxylic acids is 1. The van der Waals surface area contributed by atoms with Crippen molar-refractivity contribution in [2.45, 2.75) is 0 Å². The molecule has 1 amide bonds. The second-order valence-corrected chi connectivity index (χ2v) is 4.86. The summed E-state index contributed by atoms with van der Waals surface area (Å²) in [6, 6.07) is 11.4. The summed E-state index contributed by atoms with van der Waals surface area (Å²) in [6.45, 7) is 0. The van der Waals surface area contributed by atoms with E-state index < -0.39 is 0 Å². The lowest BCUT2D eigenvalue weighted by Gasteiger charge is -2.01. The number of anilines is 1. The molecule has 0 atom stereocenters. The number of nitrogens with zero attached hydrogens (tertiary/aromatic N) is 1. The minimum absolute atomic E-state index is 0.153. The highest BCUT2D eigenvalue weighted by Crippen LogP contribution is 2.11. The second-order valence-electron chi connectivity index (χ2n) is 3.62. The highest BCUT2D eigenvalue weighted by Gasteiger charge is 1.97. The lowest BCUT2D eigenvalue weighted by molar-refractivity contribution is -0.111. The zero-order valence-corrected chi connectivity index (χ0v) is 11.7. The fourth-order valence-corrected chi connectivity index (χ4v) is 1.72. The van der Waals surface area contributed by atoms with Crippen LogP contribution in [0.4, 0.5) is 5.69 Å². The Morgan fingerprint density at radius 3 is 2.67 bits per heavy atom. The number of amides is 1. The number of aromatic nitrogens is 1. The number of benzene rings is 1. The Labute approximate surface area is 119 Å². The van der Waals surface area contributed by atoms with E-state index in [0.29, 0.717) is 0 Å². The third kappa shape index (κ3) is 3.96. The van der Waals surface area contributed by atoms with Crippen LogP contribution >= 0.6 is 22.6 Å². The van der Waals surface area contributed by atoms with E-state index in [-0.39, 0.29) is 5.91 Å². The highest BCUT2D eigenvalue weighted by atomic mass is 127. The summed E-state index contributed by atoms with van der Waals surface area (Å²) in [5.74, 6) is -0.153. The molecule has 0 saturated carbocycles. The van der Waals surface area contributed by atoms with Gasteiger partial charge in [-0.2, -0.15) is 0 Å². The summed E-state index contributed by atoms with van der Waals surface area (Å²) in [4.78, 5) is 15.6. The molecule has 90 valence electrons. The van der Waals surface area contributed by atoms with Crippen LogP contribution in [0.25, 0.3) is 6.08 Å². The Morgan fingerprint density at radius 2 is 2.00 bits per heavy atom. The molecule has 0 aliphatic heterocycles. The largest absolute Gasteiger partial charge is 0.323 e. The summed E-state index contributed by atoms with van der Waals surface area (Å²) in [7, 11) is 0. The average molecular weight is 350 g/mol. The molecule has 0 aliphatic rings. The van der Waals surface area contributed by atoms with E-state index in [1.165, 1.54) is 6.08 Å². The third-order valence-electron chi connectivity index (χ3n) is 2.22. The van der Waals surface area contributed by atoms with E-state index in [9.17, 15) is 4.79 Å². The van der Waals surface area contributed by atoms with Gasteiger partial charge < -0.3 is 5.32 Å². The zero-order valence-electron chi connectivity index (χ0n) is 9.51. The van der Waals surface area contributed by atoms with Crippen molar-refractivity contribution < 1.29 is 4.79 Å². The van der Waals surface area contributed by atoms with Crippen LogP contribution in [0.2, 0.25) is 0 Å². The van der Waals surface area contributed by atoms with E-state index in [1.54, 1.807) is 18.5 Å². The maximum Gasteiger partial charge on any atom is 0.248 e. The van der Waals surface area contributed by atoms with Crippen molar-refractivity contribution in [2.24, 2.45) is 0 Å². The second kappa shape index (κ2) is 6.30. The molecule has 1 N–H and O–H groups in total. The minimum Gasteiger partial charge on any atom is -0.323 e. The van der Waals surface area contributed by atoms with Crippen molar-refractivity contribution >= 4 is 40.3 Å². The van der Waals surface area contributed by atoms with Crippen molar-refractivity contribution in [1.29, 1.82) is 0 Å². The van der Waals surface area contributed by atoms with Crippen molar-refractivity contribution in [1.82, 2.24) is 4.98 Å². The van der Waals surface area contributed by atoms with Crippen molar-refractivity contribution in [3.63, 3.8) is 0 Å². The van der Waals surface area contributed by atoms with Gasteiger partial charge in [-0.15, -0.1) is 0 Å².